The van der Waals surface area contributed by atoms with E-state index in [1.807, 2.05) is 13.8 Å². The Bertz CT molecular complexity index is 623. The molecule has 0 aliphatic carbocycles. The van der Waals surface area contributed by atoms with Crippen molar-refractivity contribution in [2.75, 3.05) is 6.54 Å². The molecule has 0 aliphatic rings. The summed E-state index contributed by atoms with van der Waals surface area (Å²) in [6.45, 7) is 4.01. The van der Waals surface area contributed by atoms with Crippen LogP contribution in [0.4, 0.5) is 4.39 Å². The molecule has 6 heteroatoms. The molecule has 2 rings (SSSR count). The van der Waals surface area contributed by atoms with E-state index in [0.717, 1.165) is 5.69 Å². The van der Waals surface area contributed by atoms with Crippen molar-refractivity contribution in [1.82, 2.24) is 15.1 Å². The molecular weight excluding hydrogens is 285 g/mol. The highest BCUT2D eigenvalue weighted by molar-refractivity contribution is 5.78. The highest BCUT2D eigenvalue weighted by Crippen LogP contribution is 2.09. The molecule has 0 spiro atoms. The summed E-state index contributed by atoms with van der Waals surface area (Å²) in [4.78, 5) is 11.8. The second-order valence-electron chi connectivity index (χ2n) is 5.52. The lowest BCUT2D eigenvalue weighted by Gasteiger charge is -2.14. The first-order valence-electron chi connectivity index (χ1n) is 7.21. The fourth-order valence-corrected chi connectivity index (χ4v) is 1.87. The Hall–Kier alpha value is -2.21. The van der Waals surface area contributed by atoms with Crippen LogP contribution < -0.4 is 5.32 Å². The Morgan fingerprint density at radius 2 is 2.00 bits per heavy atom. The fourth-order valence-electron chi connectivity index (χ4n) is 1.87. The van der Waals surface area contributed by atoms with Gasteiger partial charge in [-0.25, -0.2) is 9.07 Å². The normalized spacial score (nSPS) is 12.4. The van der Waals surface area contributed by atoms with Crippen LogP contribution in [0.25, 0.3) is 5.69 Å². The number of aliphatic hydroxyl groups is 1. The van der Waals surface area contributed by atoms with Crippen molar-refractivity contribution in [2.24, 2.45) is 5.92 Å². The minimum atomic E-state index is -0.555. The van der Waals surface area contributed by atoms with Crippen LogP contribution in [-0.4, -0.2) is 33.4 Å². The first-order chi connectivity index (χ1) is 10.5. The summed E-state index contributed by atoms with van der Waals surface area (Å²) in [7, 11) is 0. The summed E-state index contributed by atoms with van der Waals surface area (Å²) in [6.07, 6.45) is 1.30. The smallest absolute Gasteiger partial charge is 0.226 e. The molecule has 0 saturated heterocycles. The highest BCUT2D eigenvalue weighted by Gasteiger charge is 2.12. The van der Waals surface area contributed by atoms with Crippen molar-refractivity contribution >= 4 is 5.91 Å². The molecule has 0 bridgehead atoms. The van der Waals surface area contributed by atoms with Gasteiger partial charge in [0.1, 0.15) is 5.82 Å². The summed E-state index contributed by atoms with van der Waals surface area (Å²) >= 11 is 0. The molecule has 5 nitrogen and oxygen atoms in total. The van der Waals surface area contributed by atoms with Gasteiger partial charge in [0.05, 0.1) is 23.9 Å². The average Bonchev–Trinajstić information content (AvgIpc) is 2.93. The molecule has 0 fully saturated rings. The second-order valence-corrected chi connectivity index (χ2v) is 5.52. The lowest BCUT2D eigenvalue weighted by atomic mass is 10.1. The number of amides is 1. The summed E-state index contributed by atoms with van der Waals surface area (Å²) in [6, 6.07) is 7.69. The van der Waals surface area contributed by atoms with Gasteiger partial charge < -0.3 is 10.4 Å². The second kappa shape index (κ2) is 7.17. The maximum Gasteiger partial charge on any atom is 0.226 e. The van der Waals surface area contributed by atoms with E-state index < -0.39 is 6.10 Å². The molecule has 118 valence electrons. The van der Waals surface area contributed by atoms with Crippen LogP contribution in [0.1, 0.15) is 19.5 Å². The Kier molecular flexibility index (Phi) is 5.27. The van der Waals surface area contributed by atoms with E-state index in [9.17, 15) is 14.3 Å². The molecule has 0 aliphatic heterocycles. The number of aromatic nitrogens is 2. The van der Waals surface area contributed by atoms with E-state index in [-0.39, 0.29) is 30.6 Å². The zero-order valence-electron chi connectivity index (χ0n) is 12.7. The lowest BCUT2D eigenvalue weighted by Crippen LogP contribution is -2.35. The minimum Gasteiger partial charge on any atom is -0.391 e. The number of halogens is 1. The monoisotopic (exact) mass is 305 g/mol. The first-order valence-corrected chi connectivity index (χ1v) is 7.21. The predicted octanol–water partition coefficient (Wildman–Crippen LogP) is 1.69. The molecule has 2 aromatic rings. The van der Waals surface area contributed by atoms with Crippen molar-refractivity contribution in [2.45, 2.75) is 26.4 Å². The number of carbonyl (C=O) groups excluding carboxylic acids is 1. The molecular formula is C16H20FN3O2. The zero-order valence-corrected chi connectivity index (χ0v) is 12.7. The zero-order chi connectivity index (χ0) is 16.1. The van der Waals surface area contributed by atoms with Gasteiger partial charge in [-0.1, -0.05) is 13.8 Å². The van der Waals surface area contributed by atoms with Crippen molar-refractivity contribution in [3.05, 3.63) is 48.0 Å². The third kappa shape index (κ3) is 4.39. The number of carbonyl (C=O) groups is 1. The lowest BCUT2D eigenvalue weighted by molar-refractivity contribution is -0.121. The van der Waals surface area contributed by atoms with Crippen LogP contribution in [0.2, 0.25) is 0 Å². The van der Waals surface area contributed by atoms with E-state index in [1.54, 1.807) is 29.1 Å². The number of hydrogen-bond donors (Lipinski definition) is 2. The Morgan fingerprint density at radius 3 is 2.64 bits per heavy atom. The summed E-state index contributed by atoms with van der Waals surface area (Å²) < 4.78 is 14.5. The van der Waals surface area contributed by atoms with Crippen molar-refractivity contribution < 1.29 is 14.3 Å². The SMILES string of the molecule is CC(C)C(O)CNC(=O)Cc1ccn(-c2ccc(F)cc2)n1. The van der Waals surface area contributed by atoms with Gasteiger partial charge in [-0.3, -0.25) is 4.79 Å². The summed E-state index contributed by atoms with van der Waals surface area (Å²) in [5.41, 5.74) is 1.34. The molecule has 1 aromatic heterocycles. The topological polar surface area (TPSA) is 67.2 Å². The van der Waals surface area contributed by atoms with Gasteiger partial charge >= 0.3 is 0 Å². The van der Waals surface area contributed by atoms with Crippen molar-refractivity contribution in [3.63, 3.8) is 0 Å². The van der Waals surface area contributed by atoms with Gasteiger partial charge in [-0.2, -0.15) is 5.10 Å². The van der Waals surface area contributed by atoms with Crippen LogP contribution in [0.5, 0.6) is 0 Å². The van der Waals surface area contributed by atoms with Gasteiger partial charge in [0, 0.05) is 12.7 Å². The number of nitrogens with one attached hydrogen (secondary N) is 1. The van der Waals surface area contributed by atoms with Gasteiger partial charge in [0.2, 0.25) is 5.91 Å². The molecule has 0 saturated carbocycles. The number of aliphatic hydroxyl groups excluding tert-OH is 1. The van der Waals surface area contributed by atoms with Crippen LogP contribution >= 0.6 is 0 Å². The molecule has 2 N–H and O–H groups in total. The standard InChI is InChI=1S/C16H20FN3O2/c1-11(2)15(21)10-18-16(22)9-13-7-8-20(19-13)14-5-3-12(17)4-6-14/h3-8,11,15,21H,9-10H2,1-2H3,(H,18,22). The van der Waals surface area contributed by atoms with Crippen LogP contribution in [0.3, 0.4) is 0 Å². The number of rotatable bonds is 6. The molecule has 0 radical (unpaired) electrons. The van der Waals surface area contributed by atoms with E-state index in [4.69, 9.17) is 0 Å². The van der Waals surface area contributed by atoms with E-state index >= 15 is 0 Å². The number of benzene rings is 1. The van der Waals surface area contributed by atoms with E-state index in [0.29, 0.717) is 5.69 Å². The summed E-state index contributed by atoms with van der Waals surface area (Å²) in [5, 5.41) is 16.6. The first kappa shape index (κ1) is 16.2. The molecule has 1 aromatic carbocycles. The largest absolute Gasteiger partial charge is 0.391 e. The fraction of sp³-hybridized carbons (Fsp3) is 0.375. The third-order valence-corrected chi connectivity index (χ3v) is 3.36. The Morgan fingerprint density at radius 1 is 1.32 bits per heavy atom. The Balaban J connectivity index is 1.91. The van der Waals surface area contributed by atoms with Gasteiger partial charge in [-0.05, 0) is 36.2 Å². The quantitative estimate of drug-likeness (QED) is 0.853. The molecule has 1 heterocycles. The van der Waals surface area contributed by atoms with E-state index in [1.165, 1.54) is 12.1 Å². The molecule has 1 atom stereocenters. The van der Waals surface area contributed by atoms with Gasteiger partial charge in [0.15, 0.2) is 0 Å². The number of nitrogens with zero attached hydrogens (tertiary/aromatic N) is 2. The van der Waals surface area contributed by atoms with Crippen LogP contribution in [0, 0.1) is 11.7 Å². The molecule has 22 heavy (non-hydrogen) atoms. The van der Waals surface area contributed by atoms with Crippen molar-refractivity contribution in [3.8, 4) is 5.69 Å². The average molecular weight is 305 g/mol. The van der Waals surface area contributed by atoms with Gasteiger partial charge in [-0.15, -0.1) is 0 Å². The third-order valence-electron chi connectivity index (χ3n) is 3.36. The summed E-state index contributed by atoms with van der Waals surface area (Å²) in [5.74, 6) is -0.402. The van der Waals surface area contributed by atoms with Crippen molar-refractivity contribution in [1.29, 1.82) is 0 Å². The van der Waals surface area contributed by atoms with E-state index in [2.05, 4.69) is 10.4 Å². The molecule has 1 amide bonds. The van der Waals surface area contributed by atoms with Gasteiger partial charge in [0.25, 0.3) is 0 Å². The Labute approximate surface area is 128 Å². The maximum atomic E-state index is 12.9. The van der Waals surface area contributed by atoms with Crippen LogP contribution in [-0.2, 0) is 11.2 Å². The number of hydrogen-bond acceptors (Lipinski definition) is 3. The van der Waals surface area contributed by atoms with Crippen LogP contribution in [0.15, 0.2) is 36.5 Å². The maximum absolute atomic E-state index is 12.9. The minimum absolute atomic E-state index is 0.0954. The highest BCUT2D eigenvalue weighted by atomic mass is 19.1. The molecule has 1 unspecified atom stereocenters. The predicted molar refractivity (Wildman–Crippen MR) is 81.1 cm³/mol.